The molecule has 1 aliphatic heterocycles. The van der Waals surface area contributed by atoms with E-state index in [0.717, 1.165) is 12.1 Å². The lowest BCUT2D eigenvalue weighted by molar-refractivity contribution is -0.275. The number of halogens is 7. The van der Waals surface area contributed by atoms with Gasteiger partial charge in [-0.25, -0.2) is 0 Å². The van der Waals surface area contributed by atoms with E-state index in [-0.39, 0.29) is 33.1 Å². The summed E-state index contributed by atoms with van der Waals surface area (Å²) in [7, 11) is 0. The summed E-state index contributed by atoms with van der Waals surface area (Å²) < 4.78 is 43.1. The Bertz CT molecular complexity index is 1290. The van der Waals surface area contributed by atoms with Crippen molar-refractivity contribution in [1.82, 2.24) is 5.32 Å². The van der Waals surface area contributed by atoms with Crippen molar-refractivity contribution in [3.05, 3.63) is 81.3 Å². The Labute approximate surface area is 218 Å². The van der Waals surface area contributed by atoms with Gasteiger partial charge in [0.25, 0.3) is 11.5 Å². The number of rotatable bonds is 6. The molecule has 0 aromatic heterocycles. The van der Waals surface area contributed by atoms with E-state index < -0.39 is 30.1 Å². The molecule has 0 bridgehead atoms. The molecule has 11 heteroatoms. The van der Waals surface area contributed by atoms with Crippen LogP contribution in [0.3, 0.4) is 0 Å². The Morgan fingerprint density at radius 3 is 2.26 bits per heavy atom. The smallest absolute Gasteiger partial charge is 0.374 e. The van der Waals surface area contributed by atoms with Crippen molar-refractivity contribution < 1.29 is 22.8 Å². The zero-order valence-electron chi connectivity index (χ0n) is 17.8. The zero-order valence-corrected chi connectivity index (χ0v) is 20.8. The molecule has 4 nitrogen and oxygen atoms in total. The third kappa shape index (κ3) is 4.92. The second-order valence-corrected chi connectivity index (χ2v) is 9.46. The van der Waals surface area contributed by atoms with Gasteiger partial charge in [-0.15, -0.1) is 23.2 Å². The van der Waals surface area contributed by atoms with Crippen LogP contribution in [-0.4, -0.2) is 35.6 Å². The van der Waals surface area contributed by atoms with Gasteiger partial charge in [0.1, 0.15) is 0 Å². The lowest BCUT2D eigenvalue weighted by atomic mass is 9.85. The summed E-state index contributed by atoms with van der Waals surface area (Å²) in [5.41, 5.74) is -2.21. The third-order valence-electron chi connectivity index (χ3n) is 5.70. The van der Waals surface area contributed by atoms with Crippen LogP contribution in [0.4, 0.5) is 13.2 Å². The monoisotopic (exact) mass is 562 g/mol. The third-order valence-corrected chi connectivity index (χ3v) is 6.88. The Morgan fingerprint density at radius 1 is 1.03 bits per heavy atom. The van der Waals surface area contributed by atoms with Gasteiger partial charge in [0.2, 0.25) is 0 Å². The number of nitrogens with zero attached hydrogens (tertiary/aromatic N) is 1. The first-order chi connectivity index (χ1) is 16.6. The number of nitrogens with one attached hydrogen (secondary N) is 1. The van der Waals surface area contributed by atoms with Crippen LogP contribution < -0.4 is 5.32 Å². The molecule has 1 heterocycles. The number of alkyl halides is 5. The Kier molecular flexibility index (Phi) is 7.44. The number of fused-ring (bicyclic) bond motifs is 1. The summed E-state index contributed by atoms with van der Waals surface area (Å²) in [5, 5.41) is 7.74. The molecule has 184 valence electrons. The van der Waals surface area contributed by atoms with Crippen molar-refractivity contribution in [2.75, 3.05) is 11.8 Å². The first-order valence-electron chi connectivity index (χ1n) is 10.3. The lowest BCUT2D eigenvalue weighted by Gasteiger charge is -2.29. The van der Waals surface area contributed by atoms with Gasteiger partial charge in [-0.05, 0) is 35.0 Å². The van der Waals surface area contributed by atoms with E-state index in [2.05, 4.69) is 10.5 Å². The maximum absolute atomic E-state index is 14.4. The van der Waals surface area contributed by atoms with Crippen LogP contribution in [0.25, 0.3) is 10.8 Å². The van der Waals surface area contributed by atoms with Gasteiger partial charge in [0.05, 0.1) is 11.8 Å². The summed E-state index contributed by atoms with van der Waals surface area (Å²) >= 11 is 23.6. The van der Waals surface area contributed by atoms with Crippen LogP contribution in [0.2, 0.25) is 10.0 Å². The second-order valence-electron chi connectivity index (χ2n) is 7.97. The lowest BCUT2D eigenvalue weighted by Crippen LogP contribution is -2.42. The summed E-state index contributed by atoms with van der Waals surface area (Å²) in [4.78, 5) is 18.0. The largest absolute Gasteiger partial charge is 0.435 e. The van der Waals surface area contributed by atoms with Gasteiger partial charge in [-0.1, -0.05) is 58.7 Å². The quantitative estimate of drug-likeness (QED) is 0.320. The number of hydrogen-bond donors (Lipinski definition) is 1. The molecule has 1 aliphatic rings. The van der Waals surface area contributed by atoms with E-state index in [9.17, 15) is 18.0 Å². The zero-order chi connectivity index (χ0) is 25.4. The highest BCUT2D eigenvalue weighted by molar-refractivity contribution is 6.34. The number of amides is 1. The highest BCUT2D eigenvalue weighted by atomic mass is 35.5. The molecule has 0 fully saturated rings. The van der Waals surface area contributed by atoms with Gasteiger partial charge in [0.15, 0.2) is 0 Å². The molecule has 3 aromatic carbocycles. The molecule has 1 atom stereocenters. The van der Waals surface area contributed by atoms with Crippen molar-refractivity contribution in [2.24, 2.45) is 5.16 Å². The maximum atomic E-state index is 14.4. The molecule has 35 heavy (non-hydrogen) atoms. The van der Waals surface area contributed by atoms with Crippen molar-refractivity contribution >= 4 is 68.8 Å². The number of benzene rings is 3. The van der Waals surface area contributed by atoms with Crippen LogP contribution in [0.1, 0.15) is 27.9 Å². The minimum absolute atomic E-state index is 0.0428. The van der Waals surface area contributed by atoms with Gasteiger partial charge >= 0.3 is 6.18 Å². The summed E-state index contributed by atoms with van der Waals surface area (Å²) in [5.74, 6) is -0.138. The van der Waals surface area contributed by atoms with Gasteiger partial charge in [0, 0.05) is 44.9 Å². The molecule has 1 amide bonds. The van der Waals surface area contributed by atoms with Crippen LogP contribution in [0.15, 0.2) is 59.8 Å². The molecule has 1 unspecified atom stereocenters. The van der Waals surface area contributed by atoms with E-state index >= 15 is 0 Å². The molecule has 4 rings (SSSR count). The fourth-order valence-electron chi connectivity index (χ4n) is 3.97. The van der Waals surface area contributed by atoms with E-state index in [0.29, 0.717) is 21.9 Å². The van der Waals surface area contributed by atoms with Crippen molar-refractivity contribution in [3.8, 4) is 0 Å². The Hall–Kier alpha value is -2.19. The first-order valence-corrected chi connectivity index (χ1v) is 12.2. The normalized spacial score (nSPS) is 18.0. The number of carbonyl (C=O) groups excluding carboxylic acids is 1. The first kappa shape index (κ1) is 25.9. The molecule has 0 saturated heterocycles. The number of hydrogen-bond acceptors (Lipinski definition) is 3. The minimum atomic E-state index is -4.82. The molecule has 3 aromatic rings. The molecule has 1 N–H and O–H groups in total. The summed E-state index contributed by atoms with van der Waals surface area (Å²) in [6.07, 6.45) is -5.43. The van der Waals surface area contributed by atoms with Gasteiger partial charge in [-0.2, -0.15) is 13.2 Å². The van der Waals surface area contributed by atoms with Gasteiger partial charge < -0.3 is 10.2 Å². The summed E-state index contributed by atoms with van der Waals surface area (Å²) in [6, 6.07) is 13.2. The fraction of sp³-hybridized carbons (Fsp3) is 0.250. The number of oxime groups is 1. The van der Waals surface area contributed by atoms with E-state index in [1.165, 1.54) is 12.1 Å². The van der Waals surface area contributed by atoms with Gasteiger partial charge in [-0.3, -0.25) is 4.79 Å². The van der Waals surface area contributed by atoms with Crippen LogP contribution >= 0.6 is 46.4 Å². The predicted molar refractivity (Wildman–Crippen MR) is 133 cm³/mol. The van der Waals surface area contributed by atoms with E-state index in [1.54, 1.807) is 30.3 Å². The Balaban J connectivity index is 1.76. The minimum Gasteiger partial charge on any atom is -0.374 e. The van der Waals surface area contributed by atoms with Crippen molar-refractivity contribution in [2.45, 2.75) is 24.2 Å². The maximum Gasteiger partial charge on any atom is 0.435 e. The number of carbonyl (C=O) groups is 1. The molecular formula is C24H17Cl4F3N2O2. The van der Waals surface area contributed by atoms with Crippen molar-refractivity contribution in [1.29, 1.82) is 0 Å². The fourth-order valence-corrected chi connectivity index (χ4v) is 4.98. The van der Waals surface area contributed by atoms with E-state index in [4.69, 9.17) is 51.2 Å². The van der Waals surface area contributed by atoms with Crippen LogP contribution in [-0.2, 0) is 10.4 Å². The topological polar surface area (TPSA) is 50.7 Å². The standard InChI is InChI=1S/C24H17Cl4F3N2O2/c25-11-16(12-26)32-22(34)20-6-5-19(17-3-1-2-4-18(17)20)21-10-23(35-33-21,24(29,30)31)13-7-14(27)9-15(28)8-13/h1-9,16H,10-12H2,(H,32,34). The second kappa shape index (κ2) is 10.1. The summed E-state index contributed by atoms with van der Waals surface area (Å²) in [6.45, 7) is 0. The molecule has 0 spiro atoms. The highest BCUT2D eigenvalue weighted by Gasteiger charge is 2.62. The van der Waals surface area contributed by atoms with Crippen LogP contribution in [0.5, 0.6) is 0 Å². The highest BCUT2D eigenvalue weighted by Crippen LogP contribution is 2.50. The average molecular weight is 564 g/mol. The molecular weight excluding hydrogens is 547 g/mol. The van der Waals surface area contributed by atoms with E-state index in [1.807, 2.05) is 0 Å². The Morgan fingerprint density at radius 2 is 1.66 bits per heavy atom. The van der Waals surface area contributed by atoms with Crippen molar-refractivity contribution in [3.63, 3.8) is 0 Å². The SMILES string of the molecule is O=C(NC(CCl)CCl)c1ccc(C2=NOC(c3cc(Cl)cc(Cl)c3)(C(F)(F)F)C2)c2ccccc12. The molecule has 0 saturated carbocycles. The predicted octanol–water partition coefficient (Wildman–Crippen LogP) is 7.30. The van der Waals surface area contributed by atoms with Crippen LogP contribution in [0, 0.1) is 0 Å². The average Bonchev–Trinajstić information content (AvgIpc) is 3.28. The molecule has 0 aliphatic carbocycles. The molecule has 0 radical (unpaired) electrons.